The first-order valence-corrected chi connectivity index (χ1v) is 11.2. The van der Waals surface area contributed by atoms with Gasteiger partial charge in [0.25, 0.3) is 0 Å². The number of halogens is 1. The van der Waals surface area contributed by atoms with Crippen molar-refractivity contribution in [2.75, 3.05) is 18.4 Å². The van der Waals surface area contributed by atoms with Crippen molar-refractivity contribution in [2.24, 2.45) is 5.92 Å². The van der Waals surface area contributed by atoms with Gasteiger partial charge in [-0.15, -0.1) is 0 Å². The Balaban J connectivity index is 1.70. The number of piperidine rings is 1. The lowest BCUT2D eigenvalue weighted by Gasteiger charge is -2.31. The summed E-state index contributed by atoms with van der Waals surface area (Å²) in [5, 5.41) is 7.10. The zero-order chi connectivity index (χ0) is 19.4. The van der Waals surface area contributed by atoms with Gasteiger partial charge in [-0.05, 0) is 43.5 Å². The summed E-state index contributed by atoms with van der Waals surface area (Å²) >= 11 is 3.31. The molecule has 146 valence electrons. The minimum absolute atomic E-state index is 0.163. The van der Waals surface area contributed by atoms with Crippen molar-refractivity contribution in [2.45, 2.75) is 37.6 Å². The van der Waals surface area contributed by atoms with Gasteiger partial charge >= 0.3 is 0 Å². The third-order valence-corrected chi connectivity index (χ3v) is 7.02. The highest BCUT2D eigenvalue weighted by Gasteiger charge is 2.33. The largest absolute Gasteiger partial charge is 0.311 e. The van der Waals surface area contributed by atoms with Gasteiger partial charge in [-0.25, -0.2) is 13.1 Å². The number of carbonyl (C=O) groups excluding carboxylic acids is 1. The van der Waals surface area contributed by atoms with Crippen molar-refractivity contribution in [1.29, 1.82) is 0 Å². The third-order valence-electron chi connectivity index (χ3n) is 4.61. The van der Waals surface area contributed by atoms with Crippen LogP contribution in [0.25, 0.3) is 0 Å². The van der Waals surface area contributed by atoms with E-state index in [1.165, 1.54) is 4.31 Å². The molecule has 3 rings (SSSR count). The number of anilines is 1. The second kappa shape index (κ2) is 8.53. The summed E-state index contributed by atoms with van der Waals surface area (Å²) in [6.07, 6.45) is 3.88. The topological polar surface area (TPSA) is 84.3 Å². The number of sulfonamides is 1. The molecule has 1 unspecified atom stereocenters. The van der Waals surface area contributed by atoms with Crippen LogP contribution in [0.3, 0.4) is 0 Å². The fourth-order valence-corrected chi connectivity index (χ4v) is 4.98. The number of hydrogen-bond donors (Lipinski definition) is 1. The smallest absolute Gasteiger partial charge is 0.243 e. The molecule has 0 bridgehead atoms. The third kappa shape index (κ3) is 4.59. The van der Waals surface area contributed by atoms with Crippen LogP contribution in [0.5, 0.6) is 0 Å². The Morgan fingerprint density at radius 1 is 1.30 bits per heavy atom. The molecule has 7 nitrogen and oxygen atoms in total. The van der Waals surface area contributed by atoms with Crippen molar-refractivity contribution in [3.05, 3.63) is 41.0 Å². The highest BCUT2D eigenvalue weighted by molar-refractivity contribution is 9.10. The first kappa shape index (κ1) is 20.0. The zero-order valence-electron chi connectivity index (χ0n) is 15.1. The minimum atomic E-state index is -3.61. The summed E-state index contributed by atoms with van der Waals surface area (Å²) in [6.45, 7) is 3.37. The van der Waals surface area contributed by atoms with Gasteiger partial charge < -0.3 is 5.32 Å². The number of nitrogens with one attached hydrogen (secondary N) is 1. The van der Waals surface area contributed by atoms with Crippen molar-refractivity contribution >= 4 is 37.7 Å². The van der Waals surface area contributed by atoms with E-state index in [2.05, 4.69) is 26.3 Å². The van der Waals surface area contributed by atoms with Gasteiger partial charge in [0, 0.05) is 30.2 Å². The Bertz CT molecular complexity index is 896. The molecule has 27 heavy (non-hydrogen) atoms. The van der Waals surface area contributed by atoms with Gasteiger partial charge in [0.05, 0.1) is 17.0 Å². The molecule has 1 N–H and O–H groups in total. The van der Waals surface area contributed by atoms with Crippen LogP contribution in [-0.2, 0) is 21.4 Å². The second-order valence-electron chi connectivity index (χ2n) is 6.58. The molecular weight excluding hydrogens is 432 g/mol. The Labute approximate surface area is 167 Å². The first-order chi connectivity index (χ1) is 12.9. The van der Waals surface area contributed by atoms with Gasteiger partial charge in [-0.2, -0.15) is 9.40 Å². The monoisotopic (exact) mass is 454 g/mol. The summed E-state index contributed by atoms with van der Waals surface area (Å²) in [5.41, 5.74) is 0. The van der Waals surface area contributed by atoms with Gasteiger partial charge in [0.2, 0.25) is 15.9 Å². The first-order valence-electron chi connectivity index (χ1n) is 9.00. The number of nitrogens with zero attached hydrogens (tertiary/aromatic N) is 3. The molecule has 1 amide bonds. The molecule has 1 aliphatic rings. The fraction of sp³-hybridized carbons (Fsp3) is 0.444. The van der Waals surface area contributed by atoms with Crippen molar-refractivity contribution in [1.82, 2.24) is 14.1 Å². The summed E-state index contributed by atoms with van der Waals surface area (Å²) in [6, 6.07) is 8.32. The maximum Gasteiger partial charge on any atom is 0.243 e. The van der Waals surface area contributed by atoms with Crippen LogP contribution in [0.2, 0.25) is 0 Å². The van der Waals surface area contributed by atoms with E-state index in [0.717, 1.165) is 17.4 Å². The Morgan fingerprint density at radius 3 is 2.74 bits per heavy atom. The normalized spacial score (nSPS) is 18.4. The molecule has 1 aliphatic heterocycles. The summed E-state index contributed by atoms with van der Waals surface area (Å²) < 4.78 is 29.8. The van der Waals surface area contributed by atoms with Gasteiger partial charge in [-0.1, -0.05) is 22.9 Å². The van der Waals surface area contributed by atoms with Crippen LogP contribution in [0.15, 0.2) is 45.9 Å². The number of aromatic nitrogens is 2. The summed E-state index contributed by atoms with van der Waals surface area (Å²) in [5.74, 6) is 0.104. The van der Waals surface area contributed by atoms with E-state index in [1.54, 1.807) is 41.2 Å². The van der Waals surface area contributed by atoms with Crippen LogP contribution >= 0.6 is 15.9 Å². The molecule has 1 aromatic heterocycles. The molecule has 1 saturated heterocycles. The predicted octanol–water partition coefficient (Wildman–Crippen LogP) is 3.10. The van der Waals surface area contributed by atoms with Crippen LogP contribution < -0.4 is 5.32 Å². The molecule has 9 heteroatoms. The summed E-state index contributed by atoms with van der Waals surface area (Å²) in [7, 11) is -3.61. The van der Waals surface area contributed by atoms with Crippen molar-refractivity contribution in [3.63, 3.8) is 0 Å². The number of aryl methyl sites for hydroxylation is 1. The molecule has 1 aromatic carbocycles. The number of hydrogen-bond acceptors (Lipinski definition) is 4. The van der Waals surface area contributed by atoms with Crippen LogP contribution in [-0.4, -0.2) is 41.5 Å². The molecule has 2 aromatic rings. The van der Waals surface area contributed by atoms with E-state index in [4.69, 9.17) is 0 Å². The van der Waals surface area contributed by atoms with E-state index < -0.39 is 10.0 Å². The predicted molar refractivity (Wildman–Crippen MR) is 107 cm³/mol. The Hall–Kier alpha value is -1.71. The van der Waals surface area contributed by atoms with Crippen molar-refractivity contribution in [3.8, 4) is 0 Å². The molecule has 0 aliphatic carbocycles. The average molecular weight is 455 g/mol. The average Bonchev–Trinajstić information content (AvgIpc) is 3.09. The quantitative estimate of drug-likeness (QED) is 0.726. The molecule has 1 fully saturated rings. The van der Waals surface area contributed by atoms with Crippen molar-refractivity contribution < 1.29 is 13.2 Å². The lowest BCUT2D eigenvalue weighted by atomic mass is 9.99. The second-order valence-corrected chi connectivity index (χ2v) is 9.44. The molecule has 0 radical (unpaired) electrons. The standard InChI is InChI=1S/C18H23BrN4O3S/c1-2-11-23-17(9-10-20-23)21-18(24)14-4-3-12-22(13-14)27(25,26)16-7-5-15(19)6-8-16/h5-10,14H,2-4,11-13H2,1H3,(H,21,24). The fourth-order valence-electron chi connectivity index (χ4n) is 3.19. The van der Waals surface area contributed by atoms with E-state index in [9.17, 15) is 13.2 Å². The van der Waals surface area contributed by atoms with Gasteiger partial charge in [0.1, 0.15) is 5.82 Å². The molecular formula is C18H23BrN4O3S. The maximum absolute atomic E-state index is 12.9. The summed E-state index contributed by atoms with van der Waals surface area (Å²) in [4.78, 5) is 12.9. The number of amides is 1. The Morgan fingerprint density at radius 2 is 2.04 bits per heavy atom. The van der Waals surface area contributed by atoms with E-state index in [0.29, 0.717) is 25.2 Å². The maximum atomic E-state index is 12.9. The van der Waals surface area contributed by atoms with E-state index in [1.807, 2.05) is 6.92 Å². The van der Waals surface area contributed by atoms with E-state index >= 15 is 0 Å². The van der Waals surface area contributed by atoms with Gasteiger partial charge in [-0.3, -0.25) is 4.79 Å². The van der Waals surface area contributed by atoms with E-state index in [-0.39, 0.29) is 23.3 Å². The highest BCUT2D eigenvalue weighted by Crippen LogP contribution is 2.25. The minimum Gasteiger partial charge on any atom is -0.311 e. The lowest BCUT2D eigenvalue weighted by molar-refractivity contribution is -0.120. The highest BCUT2D eigenvalue weighted by atomic mass is 79.9. The number of rotatable bonds is 6. The lowest BCUT2D eigenvalue weighted by Crippen LogP contribution is -2.43. The number of benzene rings is 1. The number of carbonyl (C=O) groups is 1. The van der Waals surface area contributed by atoms with Gasteiger partial charge in [0.15, 0.2) is 0 Å². The van der Waals surface area contributed by atoms with Crippen LogP contribution in [0.4, 0.5) is 5.82 Å². The zero-order valence-corrected chi connectivity index (χ0v) is 17.5. The molecule has 2 heterocycles. The van der Waals surface area contributed by atoms with Crippen LogP contribution in [0.1, 0.15) is 26.2 Å². The Kier molecular flexibility index (Phi) is 6.33. The molecule has 0 spiro atoms. The molecule has 1 atom stereocenters. The molecule has 0 saturated carbocycles. The van der Waals surface area contributed by atoms with Crippen LogP contribution in [0, 0.1) is 5.92 Å². The SMILES string of the molecule is CCCn1nccc1NC(=O)C1CCCN(S(=O)(=O)c2ccc(Br)cc2)C1.